The van der Waals surface area contributed by atoms with E-state index in [1.807, 2.05) is 6.92 Å². The SMILES string of the molecule is C.CCC(=O)C1CCCC1. The van der Waals surface area contributed by atoms with Gasteiger partial charge in [0, 0.05) is 12.3 Å². The first-order valence-corrected chi connectivity index (χ1v) is 3.87. The summed E-state index contributed by atoms with van der Waals surface area (Å²) in [5, 5.41) is 0. The molecule has 0 atom stereocenters. The largest absolute Gasteiger partial charge is 0.299 e. The average Bonchev–Trinajstić information content (AvgIpc) is 2.37. The van der Waals surface area contributed by atoms with Crippen LogP contribution in [0.25, 0.3) is 0 Å². The van der Waals surface area contributed by atoms with Gasteiger partial charge in [-0.3, -0.25) is 4.79 Å². The molecule has 0 spiro atoms. The summed E-state index contributed by atoms with van der Waals surface area (Å²) < 4.78 is 0. The molecule has 10 heavy (non-hydrogen) atoms. The van der Waals surface area contributed by atoms with Gasteiger partial charge in [-0.1, -0.05) is 27.2 Å². The molecule has 1 nitrogen and oxygen atoms in total. The number of hydrogen-bond acceptors (Lipinski definition) is 1. The average molecular weight is 142 g/mol. The maximum atomic E-state index is 11.0. The predicted octanol–water partition coefficient (Wildman–Crippen LogP) is 2.79. The van der Waals surface area contributed by atoms with E-state index in [1.54, 1.807) is 0 Å². The minimum absolute atomic E-state index is 0. The zero-order chi connectivity index (χ0) is 6.69. The number of rotatable bonds is 2. The summed E-state index contributed by atoms with van der Waals surface area (Å²) >= 11 is 0. The quantitative estimate of drug-likeness (QED) is 0.579. The van der Waals surface area contributed by atoms with Crippen molar-refractivity contribution in [2.24, 2.45) is 5.92 Å². The van der Waals surface area contributed by atoms with Crippen molar-refractivity contribution in [2.45, 2.75) is 46.5 Å². The van der Waals surface area contributed by atoms with Crippen LogP contribution in [0.5, 0.6) is 0 Å². The molecule has 1 aliphatic rings. The minimum Gasteiger partial charge on any atom is -0.299 e. The molecular weight excluding hydrogens is 124 g/mol. The van der Waals surface area contributed by atoms with E-state index in [4.69, 9.17) is 0 Å². The third kappa shape index (κ3) is 2.13. The normalized spacial score (nSPS) is 18.5. The number of Topliss-reactive ketones (excluding diaryl/α,β-unsaturated/α-hetero) is 1. The number of carbonyl (C=O) groups is 1. The first-order valence-electron chi connectivity index (χ1n) is 3.87. The molecule has 0 aromatic heterocycles. The molecule has 1 fully saturated rings. The topological polar surface area (TPSA) is 17.1 Å². The molecule has 1 aliphatic carbocycles. The Hall–Kier alpha value is -0.330. The molecule has 1 rings (SSSR count). The first kappa shape index (κ1) is 9.67. The van der Waals surface area contributed by atoms with Crippen LogP contribution in [0.4, 0.5) is 0 Å². The zero-order valence-corrected chi connectivity index (χ0v) is 6.02. The fraction of sp³-hybridized carbons (Fsp3) is 0.889. The predicted molar refractivity (Wildman–Crippen MR) is 44.0 cm³/mol. The molecule has 0 N–H and O–H groups in total. The van der Waals surface area contributed by atoms with Gasteiger partial charge in [-0.15, -0.1) is 0 Å². The van der Waals surface area contributed by atoms with Crippen LogP contribution in [-0.2, 0) is 4.79 Å². The van der Waals surface area contributed by atoms with E-state index in [2.05, 4.69) is 0 Å². The molecule has 0 heterocycles. The van der Waals surface area contributed by atoms with Crippen molar-refractivity contribution >= 4 is 5.78 Å². The fourth-order valence-corrected chi connectivity index (χ4v) is 1.54. The standard InChI is InChI=1S/C8H14O.CH4/c1-2-8(9)7-5-3-4-6-7;/h7H,2-6H2,1H3;1H4. The lowest BCUT2D eigenvalue weighted by molar-refractivity contribution is -0.122. The number of ketones is 1. The van der Waals surface area contributed by atoms with E-state index in [0.29, 0.717) is 11.7 Å². The molecule has 1 saturated carbocycles. The van der Waals surface area contributed by atoms with Gasteiger partial charge in [-0.2, -0.15) is 0 Å². The monoisotopic (exact) mass is 142 g/mol. The van der Waals surface area contributed by atoms with Crippen molar-refractivity contribution in [3.8, 4) is 0 Å². The second-order valence-electron chi connectivity index (χ2n) is 2.80. The Bertz CT molecular complexity index is 101. The van der Waals surface area contributed by atoms with Gasteiger partial charge in [-0.25, -0.2) is 0 Å². The Labute approximate surface area is 63.8 Å². The summed E-state index contributed by atoms with van der Waals surface area (Å²) in [4.78, 5) is 11.0. The maximum absolute atomic E-state index is 11.0. The van der Waals surface area contributed by atoms with Gasteiger partial charge in [0.15, 0.2) is 0 Å². The zero-order valence-electron chi connectivity index (χ0n) is 6.02. The van der Waals surface area contributed by atoms with E-state index in [1.165, 1.54) is 12.8 Å². The number of carbonyl (C=O) groups excluding carboxylic acids is 1. The van der Waals surface area contributed by atoms with E-state index in [9.17, 15) is 4.79 Å². The molecule has 0 aliphatic heterocycles. The van der Waals surface area contributed by atoms with Crippen LogP contribution in [0, 0.1) is 5.92 Å². The van der Waals surface area contributed by atoms with Crippen LogP contribution in [0.1, 0.15) is 46.5 Å². The molecule has 0 aromatic rings. The van der Waals surface area contributed by atoms with Crippen molar-refractivity contribution in [2.75, 3.05) is 0 Å². The summed E-state index contributed by atoms with van der Waals surface area (Å²) in [5.74, 6) is 0.919. The summed E-state index contributed by atoms with van der Waals surface area (Å²) in [6, 6.07) is 0. The first-order chi connectivity index (χ1) is 4.34. The Morgan fingerprint density at radius 2 is 1.90 bits per heavy atom. The van der Waals surface area contributed by atoms with Gasteiger partial charge in [-0.05, 0) is 12.8 Å². The van der Waals surface area contributed by atoms with Crippen LogP contribution in [0.3, 0.4) is 0 Å². The lowest BCUT2D eigenvalue weighted by Crippen LogP contribution is -2.07. The van der Waals surface area contributed by atoms with Crippen LogP contribution in [0.2, 0.25) is 0 Å². The van der Waals surface area contributed by atoms with Crippen molar-refractivity contribution in [1.29, 1.82) is 0 Å². The molecule has 0 unspecified atom stereocenters. The molecule has 0 amide bonds. The summed E-state index contributed by atoms with van der Waals surface area (Å²) in [6.45, 7) is 1.96. The molecular formula is C9H18O. The lowest BCUT2D eigenvalue weighted by Gasteiger charge is -2.02. The van der Waals surface area contributed by atoms with Gasteiger partial charge in [0.2, 0.25) is 0 Å². The molecule has 0 aromatic carbocycles. The van der Waals surface area contributed by atoms with E-state index >= 15 is 0 Å². The van der Waals surface area contributed by atoms with E-state index in [-0.39, 0.29) is 7.43 Å². The molecule has 60 valence electrons. The highest BCUT2D eigenvalue weighted by Gasteiger charge is 2.20. The van der Waals surface area contributed by atoms with E-state index in [0.717, 1.165) is 19.3 Å². The van der Waals surface area contributed by atoms with Crippen LogP contribution in [0.15, 0.2) is 0 Å². The highest BCUT2D eigenvalue weighted by Crippen LogP contribution is 2.25. The Morgan fingerprint density at radius 1 is 1.40 bits per heavy atom. The van der Waals surface area contributed by atoms with E-state index < -0.39 is 0 Å². The Kier molecular flexibility index (Phi) is 4.33. The van der Waals surface area contributed by atoms with Crippen molar-refractivity contribution in [3.05, 3.63) is 0 Å². The van der Waals surface area contributed by atoms with Crippen LogP contribution < -0.4 is 0 Å². The van der Waals surface area contributed by atoms with Crippen molar-refractivity contribution in [1.82, 2.24) is 0 Å². The highest BCUT2D eigenvalue weighted by molar-refractivity contribution is 5.80. The Balaban J connectivity index is 0.000000810. The lowest BCUT2D eigenvalue weighted by atomic mass is 10.0. The summed E-state index contributed by atoms with van der Waals surface area (Å²) in [5.41, 5.74) is 0. The molecule has 0 bridgehead atoms. The van der Waals surface area contributed by atoms with Gasteiger partial charge >= 0.3 is 0 Å². The van der Waals surface area contributed by atoms with Crippen molar-refractivity contribution < 1.29 is 4.79 Å². The highest BCUT2D eigenvalue weighted by atomic mass is 16.1. The van der Waals surface area contributed by atoms with Crippen LogP contribution >= 0.6 is 0 Å². The smallest absolute Gasteiger partial charge is 0.135 e. The van der Waals surface area contributed by atoms with Crippen LogP contribution in [-0.4, -0.2) is 5.78 Å². The third-order valence-electron chi connectivity index (χ3n) is 2.16. The third-order valence-corrected chi connectivity index (χ3v) is 2.16. The molecule has 0 saturated heterocycles. The van der Waals surface area contributed by atoms with Gasteiger partial charge in [0.05, 0.1) is 0 Å². The number of hydrogen-bond donors (Lipinski definition) is 0. The second-order valence-corrected chi connectivity index (χ2v) is 2.80. The fourth-order valence-electron chi connectivity index (χ4n) is 1.54. The van der Waals surface area contributed by atoms with Crippen molar-refractivity contribution in [3.63, 3.8) is 0 Å². The Morgan fingerprint density at radius 3 is 2.30 bits per heavy atom. The molecule has 0 radical (unpaired) electrons. The van der Waals surface area contributed by atoms with Gasteiger partial charge in [0.25, 0.3) is 0 Å². The second kappa shape index (κ2) is 4.48. The summed E-state index contributed by atoms with van der Waals surface area (Å²) in [6.07, 6.45) is 5.61. The van der Waals surface area contributed by atoms with Gasteiger partial charge < -0.3 is 0 Å². The maximum Gasteiger partial charge on any atom is 0.135 e. The summed E-state index contributed by atoms with van der Waals surface area (Å²) in [7, 11) is 0. The van der Waals surface area contributed by atoms with Gasteiger partial charge in [0.1, 0.15) is 5.78 Å². The molecule has 1 heteroatoms. The minimum atomic E-state index is 0.